The molecule has 4 rings (SSSR count). The highest BCUT2D eigenvalue weighted by atomic mass is 35.5. The van der Waals surface area contributed by atoms with Gasteiger partial charge in [0.05, 0.1) is 29.5 Å². The molecule has 1 saturated heterocycles. The van der Waals surface area contributed by atoms with Gasteiger partial charge in [0.15, 0.2) is 6.10 Å². The number of anilines is 2. The van der Waals surface area contributed by atoms with Crippen LogP contribution in [0.3, 0.4) is 0 Å². The highest BCUT2D eigenvalue weighted by Gasteiger charge is 2.53. The maximum Gasteiger partial charge on any atom is 0.416 e. The lowest BCUT2D eigenvalue weighted by atomic mass is 10.1. The average molecular weight is 504 g/mol. The molecule has 13 heteroatoms. The van der Waals surface area contributed by atoms with Crippen molar-refractivity contribution >= 4 is 34.9 Å². The van der Waals surface area contributed by atoms with E-state index >= 15 is 0 Å². The molecule has 1 aromatic carbocycles. The fourth-order valence-electron chi connectivity index (χ4n) is 4.01. The molecule has 3 atom stereocenters. The number of aromatic nitrogens is 1. The number of benzene rings is 1. The number of amides is 2. The number of alkyl halides is 3. The van der Waals surface area contributed by atoms with Crippen LogP contribution in [0.2, 0.25) is 5.02 Å². The fourth-order valence-corrected chi connectivity index (χ4v) is 4.23. The monoisotopic (exact) mass is 503 g/mol. The number of halogens is 5. The predicted molar refractivity (Wildman–Crippen MR) is 111 cm³/mol. The second-order valence-electron chi connectivity index (χ2n) is 7.84. The first-order valence-electron chi connectivity index (χ1n) is 10.0. The van der Waals surface area contributed by atoms with Gasteiger partial charge in [-0.15, -0.1) is 0 Å². The summed E-state index contributed by atoms with van der Waals surface area (Å²) in [6, 6.07) is 1.79. The predicted octanol–water partition coefficient (Wildman–Crippen LogP) is 2.20. The molecule has 3 heterocycles. The SMILES string of the molecule is Cc1cc(C(F)(F)F)cc(N2C(=O)[C@@H](O)[C@@H](O)[C@H]2C(=O)N2CCOCc3c2ccc(F)c3Cl)n1. The Morgan fingerprint density at radius 1 is 1.26 bits per heavy atom. The first-order chi connectivity index (χ1) is 15.9. The van der Waals surface area contributed by atoms with Crippen LogP contribution in [0.4, 0.5) is 29.1 Å². The largest absolute Gasteiger partial charge is 0.416 e. The summed E-state index contributed by atoms with van der Waals surface area (Å²) in [5.74, 6) is -3.45. The van der Waals surface area contributed by atoms with Gasteiger partial charge in [0, 0.05) is 17.8 Å². The molecule has 2 N–H and O–H groups in total. The summed E-state index contributed by atoms with van der Waals surface area (Å²) in [5.41, 5.74) is -0.939. The van der Waals surface area contributed by atoms with E-state index in [0.717, 1.165) is 17.0 Å². The molecule has 0 bridgehead atoms. The summed E-state index contributed by atoms with van der Waals surface area (Å²) in [6.07, 6.45) is -8.82. The fraction of sp³-hybridized carbons (Fsp3) is 0.381. The minimum atomic E-state index is -4.77. The Morgan fingerprint density at radius 3 is 2.65 bits per heavy atom. The van der Waals surface area contributed by atoms with Gasteiger partial charge in [0.1, 0.15) is 23.8 Å². The second kappa shape index (κ2) is 8.77. The smallest absolute Gasteiger partial charge is 0.387 e. The molecule has 2 aliphatic heterocycles. The number of hydrogen-bond acceptors (Lipinski definition) is 6. The third-order valence-corrected chi connectivity index (χ3v) is 6.03. The van der Waals surface area contributed by atoms with Gasteiger partial charge in [-0.05, 0) is 31.2 Å². The Balaban J connectivity index is 1.80. The van der Waals surface area contributed by atoms with E-state index in [1.54, 1.807) is 0 Å². The Labute approximate surface area is 195 Å². The van der Waals surface area contributed by atoms with Crippen molar-refractivity contribution in [3.05, 3.63) is 51.9 Å². The molecule has 34 heavy (non-hydrogen) atoms. The lowest BCUT2D eigenvalue weighted by molar-refractivity contribution is -0.137. The van der Waals surface area contributed by atoms with Crippen LogP contribution in [0.5, 0.6) is 0 Å². The van der Waals surface area contributed by atoms with Crippen LogP contribution in [0.1, 0.15) is 16.8 Å². The molecule has 0 spiro atoms. The van der Waals surface area contributed by atoms with Gasteiger partial charge in [-0.1, -0.05) is 11.6 Å². The van der Waals surface area contributed by atoms with E-state index in [1.807, 2.05) is 0 Å². The van der Waals surface area contributed by atoms with Crippen LogP contribution in [0.25, 0.3) is 0 Å². The van der Waals surface area contributed by atoms with Gasteiger partial charge < -0.3 is 19.8 Å². The van der Waals surface area contributed by atoms with Crippen molar-refractivity contribution < 1.29 is 42.1 Å². The lowest BCUT2D eigenvalue weighted by Crippen LogP contribution is -2.52. The van der Waals surface area contributed by atoms with Crippen LogP contribution in [0.15, 0.2) is 24.3 Å². The number of pyridine rings is 1. The number of rotatable bonds is 2. The van der Waals surface area contributed by atoms with Crippen LogP contribution < -0.4 is 9.80 Å². The summed E-state index contributed by atoms with van der Waals surface area (Å²) in [6.45, 7) is 1.03. The number of aliphatic hydroxyl groups is 2. The number of ether oxygens (including phenoxy) is 1. The van der Waals surface area contributed by atoms with Gasteiger partial charge in [0.2, 0.25) is 0 Å². The van der Waals surface area contributed by atoms with Crippen LogP contribution in [-0.4, -0.2) is 58.4 Å². The number of nitrogens with zero attached hydrogens (tertiary/aromatic N) is 3. The van der Waals surface area contributed by atoms with E-state index in [-0.39, 0.29) is 41.7 Å². The van der Waals surface area contributed by atoms with Crippen LogP contribution >= 0.6 is 11.6 Å². The molecule has 8 nitrogen and oxygen atoms in total. The van der Waals surface area contributed by atoms with Gasteiger partial charge in [0.25, 0.3) is 11.8 Å². The first-order valence-corrected chi connectivity index (χ1v) is 10.4. The standard InChI is InChI=1S/C21H18ClF4N3O5/c1-9-6-10(21(24,25)26)7-14(27-9)29-16(17(30)18(31)20(29)33)19(32)28-4-5-34-8-11-13(28)3-2-12(23)15(11)22/h2-3,6-7,16-18,30-31H,4-5,8H2,1H3/t16-,17-,18-/m0/s1. The lowest BCUT2D eigenvalue weighted by Gasteiger charge is -2.31. The van der Waals surface area contributed by atoms with Crippen molar-refractivity contribution in [2.24, 2.45) is 0 Å². The normalized spacial score (nSPS) is 23.2. The highest BCUT2D eigenvalue weighted by molar-refractivity contribution is 6.32. The average Bonchev–Trinajstić information content (AvgIpc) is 2.92. The Morgan fingerprint density at radius 2 is 1.97 bits per heavy atom. The zero-order chi connectivity index (χ0) is 24.9. The molecule has 0 saturated carbocycles. The zero-order valence-corrected chi connectivity index (χ0v) is 18.3. The Hall–Kier alpha value is -2.80. The van der Waals surface area contributed by atoms with Gasteiger partial charge in [-0.25, -0.2) is 9.37 Å². The molecule has 182 valence electrons. The maximum absolute atomic E-state index is 14.0. The van der Waals surface area contributed by atoms with E-state index in [0.29, 0.717) is 11.0 Å². The Kier molecular flexibility index (Phi) is 6.27. The van der Waals surface area contributed by atoms with E-state index < -0.39 is 53.4 Å². The molecule has 2 amide bonds. The third kappa shape index (κ3) is 4.11. The molecular weight excluding hydrogens is 486 g/mol. The number of carbonyl (C=O) groups excluding carboxylic acids is 2. The van der Waals surface area contributed by atoms with Crippen molar-refractivity contribution in [3.8, 4) is 0 Å². The quantitative estimate of drug-likeness (QED) is 0.609. The molecule has 2 aliphatic rings. The van der Waals surface area contributed by atoms with Gasteiger partial charge in [-0.2, -0.15) is 13.2 Å². The van der Waals surface area contributed by atoms with Gasteiger partial charge >= 0.3 is 6.18 Å². The summed E-state index contributed by atoms with van der Waals surface area (Å²) >= 11 is 6.03. The summed E-state index contributed by atoms with van der Waals surface area (Å²) in [5, 5.41) is 20.5. The minimum absolute atomic E-state index is 0.0153. The maximum atomic E-state index is 14.0. The summed E-state index contributed by atoms with van der Waals surface area (Å²) in [4.78, 5) is 31.9. The van der Waals surface area contributed by atoms with E-state index in [9.17, 15) is 37.4 Å². The number of hydrogen-bond donors (Lipinski definition) is 2. The topological polar surface area (TPSA) is 103 Å². The van der Waals surface area contributed by atoms with Crippen LogP contribution in [0, 0.1) is 12.7 Å². The molecule has 0 radical (unpaired) electrons. The van der Waals surface area contributed by atoms with Crippen molar-refractivity contribution in [1.29, 1.82) is 0 Å². The number of aliphatic hydroxyl groups excluding tert-OH is 2. The molecule has 2 aromatic rings. The van der Waals surface area contributed by atoms with E-state index in [2.05, 4.69) is 4.98 Å². The molecular formula is C21H18ClF4N3O5. The van der Waals surface area contributed by atoms with E-state index in [4.69, 9.17) is 16.3 Å². The van der Waals surface area contributed by atoms with Crippen molar-refractivity contribution in [3.63, 3.8) is 0 Å². The van der Waals surface area contributed by atoms with E-state index in [1.165, 1.54) is 13.0 Å². The number of aryl methyl sites for hydroxylation is 1. The van der Waals surface area contributed by atoms with Crippen molar-refractivity contribution in [2.75, 3.05) is 23.0 Å². The number of fused-ring (bicyclic) bond motifs is 1. The molecule has 1 fully saturated rings. The molecule has 1 aromatic heterocycles. The van der Waals surface area contributed by atoms with Gasteiger partial charge in [-0.3, -0.25) is 14.5 Å². The third-order valence-electron chi connectivity index (χ3n) is 5.62. The zero-order valence-electron chi connectivity index (χ0n) is 17.5. The number of carbonyl (C=O) groups is 2. The van der Waals surface area contributed by atoms with Crippen molar-refractivity contribution in [1.82, 2.24) is 4.98 Å². The summed E-state index contributed by atoms with van der Waals surface area (Å²) in [7, 11) is 0. The first kappa shape index (κ1) is 24.3. The molecule has 0 unspecified atom stereocenters. The highest BCUT2D eigenvalue weighted by Crippen LogP contribution is 2.37. The van der Waals surface area contributed by atoms with Crippen molar-refractivity contribution in [2.45, 2.75) is 38.0 Å². The minimum Gasteiger partial charge on any atom is -0.387 e. The van der Waals surface area contributed by atoms with Crippen LogP contribution in [-0.2, 0) is 27.1 Å². The molecule has 0 aliphatic carbocycles. The Bertz CT molecular complexity index is 1160. The summed E-state index contributed by atoms with van der Waals surface area (Å²) < 4.78 is 59.4. The second-order valence-corrected chi connectivity index (χ2v) is 8.22.